The molecule has 1 fully saturated rings. The smallest absolute Gasteiger partial charge is 0.219 e. The molecule has 11 heavy (non-hydrogen) atoms. The van der Waals surface area contributed by atoms with E-state index in [1.165, 1.54) is 0 Å². The minimum absolute atomic E-state index is 0.608. The molecular formula is C7H12O2S2. The predicted molar refractivity (Wildman–Crippen MR) is 51.0 cm³/mol. The summed E-state index contributed by atoms with van der Waals surface area (Å²) in [6, 6.07) is 0. The van der Waals surface area contributed by atoms with Crippen molar-refractivity contribution in [3.8, 4) is 0 Å². The van der Waals surface area contributed by atoms with Crippen LogP contribution < -0.4 is 0 Å². The first-order chi connectivity index (χ1) is 5.33. The summed E-state index contributed by atoms with van der Waals surface area (Å²) in [6.45, 7) is 1.73. The normalized spacial score (nSPS) is 19.7. The van der Waals surface area contributed by atoms with Gasteiger partial charge in [0, 0.05) is 18.5 Å². The van der Waals surface area contributed by atoms with Crippen LogP contribution in [0.4, 0.5) is 0 Å². The van der Waals surface area contributed by atoms with Crippen LogP contribution in [0.5, 0.6) is 0 Å². The molecule has 0 atom stereocenters. The lowest BCUT2D eigenvalue weighted by molar-refractivity contribution is 0.100. The van der Waals surface area contributed by atoms with Gasteiger partial charge in [-0.05, 0) is 25.1 Å². The minimum atomic E-state index is 0.608. The zero-order valence-electron chi connectivity index (χ0n) is 6.54. The predicted octanol–water partition coefficient (Wildman–Crippen LogP) is 1.83. The van der Waals surface area contributed by atoms with Crippen molar-refractivity contribution in [3.63, 3.8) is 0 Å². The lowest BCUT2D eigenvalue weighted by Gasteiger charge is -2.20. The summed E-state index contributed by atoms with van der Waals surface area (Å²) in [7, 11) is 1.62. The Morgan fingerprint density at radius 2 is 2.18 bits per heavy atom. The Hall–Kier alpha value is 0.200. The molecule has 4 heteroatoms. The third kappa shape index (κ3) is 3.40. The first-order valence-electron chi connectivity index (χ1n) is 3.65. The van der Waals surface area contributed by atoms with Gasteiger partial charge in [0.2, 0.25) is 4.38 Å². The van der Waals surface area contributed by atoms with Gasteiger partial charge in [0.25, 0.3) is 0 Å². The average molecular weight is 192 g/mol. The second kappa shape index (κ2) is 4.95. The maximum absolute atomic E-state index is 5.22. The van der Waals surface area contributed by atoms with Crippen LogP contribution >= 0.6 is 24.0 Å². The van der Waals surface area contributed by atoms with E-state index in [-0.39, 0.29) is 0 Å². The molecule has 0 amide bonds. The minimum Gasteiger partial charge on any atom is -0.482 e. The number of thioether (sulfide) groups is 1. The highest BCUT2D eigenvalue weighted by molar-refractivity contribution is 8.23. The number of thiocarbonyl (C=S) groups is 1. The third-order valence-electron chi connectivity index (χ3n) is 1.60. The van der Waals surface area contributed by atoms with E-state index in [0.29, 0.717) is 9.63 Å². The fraction of sp³-hybridized carbons (Fsp3) is 0.857. The van der Waals surface area contributed by atoms with Crippen LogP contribution in [0.2, 0.25) is 0 Å². The van der Waals surface area contributed by atoms with E-state index >= 15 is 0 Å². The summed E-state index contributed by atoms with van der Waals surface area (Å²) in [5.74, 6) is 0. The highest BCUT2D eigenvalue weighted by Gasteiger charge is 2.16. The molecule has 0 aromatic rings. The van der Waals surface area contributed by atoms with Crippen LogP contribution in [0, 0.1) is 0 Å². The Balaban J connectivity index is 2.19. The summed E-state index contributed by atoms with van der Waals surface area (Å²) in [5, 5.41) is 0.608. The molecule has 64 valence electrons. The van der Waals surface area contributed by atoms with Crippen molar-refractivity contribution in [1.82, 2.24) is 0 Å². The van der Waals surface area contributed by atoms with Crippen LogP contribution in [-0.4, -0.2) is 30.0 Å². The molecule has 0 radical (unpaired) electrons. The SMILES string of the molecule is COC(=S)SC1CCOCC1. The quantitative estimate of drug-likeness (QED) is 0.590. The van der Waals surface area contributed by atoms with Crippen LogP contribution in [0.3, 0.4) is 0 Å². The van der Waals surface area contributed by atoms with Crippen molar-refractivity contribution in [2.75, 3.05) is 20.3 Å². The number of rotatable bonds is 1. The molecule has 0 saturated carbocycles. The fourth-order valence-electron chi connectivity index (χ4n) is 0.978. The van der Waals surface area contributed by atoms with Gasteiger partial charge in [-0.2, -0.15) is 0 Å². The second-order valence-electron chi connectivity index (χ2n) is 2.38. The van der Waals surface area contributed by atoms with E-state index in [0.717, 1.165) is 26.1 Å². The summed E-state index contributed by atoms with van der Waals surface area (Å²) >= 11 is 6.59. The summed E-state index contributed by atoms with van der Waals surface area (Å²) in [4.78, 5) is 0. The average Bonchev–Trinajstić information content (AvgIpc) is 2.06. The number of hydrogen-bond donors (Lipinski definition) is 0. The number of ether oxygens (including phenoxy) is 2. The van der Waals surface area contributed by atoms with E-state index in [1.54, 1.807) is 18.9 Å². The van der Waals surface area contributed by atoms with Gasteiger partial charge in [-0.25, -0.2) is 0 Å². The second-order valence-corrected chi connectivity index (χ2v) is 4.29. The molecule has 0 aromatic carbocycles. The van der Waals surface area contributed by atoms with E-state index in [2.05, 4.69) is 0 Å². The largest absolute Gasteiger partial charge is 0.482 e. The molecule has 0 aromatic heterocycles. The lowest BCUT2D eigenvalue weighted by atomic mass is 10.2. The molecule has 0 aliphatic carbocycles. The molecule has 1 aliphatic heterocycles. The Bertz CT molecular complexity index is 132. The van der Waals surface area contributed by atoms with Crippen LogP contribution in [-0.2, 0) is 9.47 Å². The van der Waals surface area contributed by atoms with E-state index in [4.69, 9.17) is 21.7 Å². The van der Waals surface area contributed by atoms with Crippen LogP contribution in [0.15, 0.2) is 0 Å². The van der Waals surface area contributed by atoms with Crippen molar-refractivity contribution in [2.45, 2.75) is 18.1 Å². The molecule has 0 spiro atoms. The van der Waals surface area contributed by atoms with Gasteiger partial charge in [-0.3, -0.25) is 0 Å². The Morgan fingerprint density at radius 1 is 1.55 bits per heavy atom. The third-order valence-corrected chi connectivity index (χ3v) is 3.22. The van der Waals surface area contributed by atoms with Crippen molar-refractivity contribution in [2.24, 2.45) is 0 Å². The van der Waals surface area contributed by atoms with Gasteiger partial charge in [0.15, 0.2) is 0 Å². The fourth-order valence-corrected chi connectivity index (χ4v) is 2.18. The van der Waals surface area contributed by atoms with Crippen LogP contribution in [0.25, 0.3) is 0 Å². The Labute approximate surface area is 76.6 Å². The van der Waals surface area contributed by atoms with Crippen molar-refractivity contribution >= 4 is 28.4 Å². The molecule has 0 N–H and O–H groups in total. The molecule has 1 heterocycles. The van der Waals surface area contributed by atoms with Gasteiger partial charge in [0.05, 0.1) is 7.11 Å². The summed E-state index contributed by atoms with van der Waals surface area (Å²) in [5.41, 5.74) is 0. The number of hydrogen-bond acceptors (Lipinski definition) is 4. The highest BCUT2D eigenvalue weighted by atomic mass is 32.2. The van der Waals surface area contributed by atoms with Gasteiger partial charge in [0.1, 0.15) is 0 Å². The maximum Gasteiger partial charge on any atom is 0.219 e. The molecule has 0 unspecified atom stereocenters. The Kier molecular flexibility index (Phi) is 4.18. The number of methoxy groups -OCH3 is 1. The lowest BCUT2D eigenvalue weighted by Crippen LogP contribution is -2.18. The molecule has 1 rings (SSSR count). The van der Waals surface area contributed by atoms with Gasteiger partial charge >= 0.3 is 0 Å². The van der Waals surface area contributed by atoms with E-state index < -0.39 is 0 Å². The van der Waals surface area contributed by atoms with Crippen molar-refractivity contribution in [3.05, 3.63) is 0 Å². The zero-order chi connectivity index (χ0) is 8.10. The van der Waals surface area contributed by atoms with E-state index in [9.17, 15) is 0 Å². The van der Waals surface area contributed by atoms with Gasteiger partial charge in [-0.1, -0.05) is 11.8 Å². The van der Waals surface area contributed by atoms with Crippen molar-refractivity contribution in [1.29, 1.82) is 0 Å². The summed E-state index contributed by atoms with van der Waals surface area (Å²) < 4.78 is 10.8. The first kappa shape index (κ1) is 9.29. The topological polar surface area (TPSA) is 18.5 Å². The van der Waals surface area contributed by atoms with Gasteiger partial charge < -0.3 is 9.47 Å². The zero-order valence-corrected chi connectivity index (χ0v) is 8.17. The maximum atomic E-state index is 5.22. The molecule has 1 saturated heterocycles. The highest BCUT2D eigenvalue weighted by Crippen LogP contribution is 2.23. The first-order valence-corrected chi connectivity index (χ1v) is 4.94. The van der Waals surface area contributed by atoms with E-state index in [1.807, 2.05) is 0 Å². The monoisotopic (exact) mass is 192 g/mol. The standard InChI is InChI=1S/C7H12O2S2/c1-8-7(10)11-6-2-4-9-5-3-6/h6H,2-5H2,1H3. The molecular weight excluding hydrogens is 180 g/mol. The molecule has 2 nitrogen and oxygen atoms in total. The van der Waals surface area contributed by atoms with Crippen molar-refractivity contribution < 1.29 is 9.47 Å². The van der Waals surface area contributed by atoms with Crippen LogP contribution in [0.1, 0.15) is 12.8 Å². The Morgan fingerprint density at radius 3 is 2.73 bits per heavy atom. The van der Waals surface area contributed by atoms with Gasteiger partial charge in [-0.15, -0.1) is 0 Å². The molecule has 0 bridgehead atoms. The molecule has 1 aliphatic rings. The summed E-state index contributed by atoms with van der Waals surface area (Å²) in [6.07, 6.45) is 2.18.